The lowest BCUT2D eigenvalue weighted by Crippen LogP contribution is -2.35. The molecule has 0 aliphatic carbocycles. The molecule has 0 saturated carbocycles. The number of imide groups is 1. The highest BCUT2D eigenvalue weighted by Crippen LogP contribution is 2.06. The molecule has 0 radical (unpaired) electrons. The molecular formula is C17H19N3O6S. The lowest BCUT2D eigenvalue weighted by atomic mass is 10.4. The highest BCUT2D eigenvalue weighted by Gasteiger charge is 2.16. The molecule has 1 aromatic carbocycles. The second-order valence-corrected chi connectivity index (χ2v) is 7.27. The SMILES string of the molecule is Cn1cccc1C(=O)NC(=O)COC(=O)CCNS(=O)(=O)c1ccccc1. The molecule has 9 nitrogen and oxygen atoms in total. The maximum atomic E-state index is 12.0. The van der Waals surface area contributed by atoms with E-state index in [1.54, 1.807) is 37.5 Å². The largest absolute Gasteiger partial charge is 0.456 e. The first kappa shape index (κ1) is 20.3. The van der Waals surface area contributed by atoms with Gasteiger partial charge in [-0.1, -0.05) is 18.2 Å². The molecule has 0 fully saturated rings. The summed E-state index contributed by atoms with van der Waals surface area (Å²) in [5.74, 6) is -2.16. The van der Waals surface area contributed by atoms with Crippen molar-refractivity contribution in [2.24, 2.45) is 7.05 Å². The van der Waals surface area contributed by atoms with E-state index in [4.69, 9.17) is 4.74 Å². The average molecular weight is 393 g/mol. The van der Waals surface area contributed by atoms with Gasteiger partial charge in [0.25, 0.3) is 11.8 Å². The van der Waals surface area contributed by atoms with E-state index in [2.05, 4.69) is 10.0 Å². The van der Waals surface area contributed by atoms with Crippen LogP contribution in [0.25, 0.3) is 0 Å². The number of esters is 1. The molecule has 0 unspecified atom stereocenters. The molecule has 0 saturated heterocycles. The summed E-state index contributed by atoms with van der Waals surface area (Å²) in [4.78, 5) is 35.2. The van der Waals surface area contributed by atoms with Crippen LogP contribution in [-0.4, -0.2) is 43.9 Å². The molecule has 0 spiro atoms. The lowest BCUT2D eigenvalue weighted by Gasteiger charge is -2.08. The van der Waals surface area contributed by atoms with E-state index in [0.717, 1.165) is 0 Å². The van der Waals surface area contributed by atoms with E-state index in [-0.39, 0.29) is 23.6 Å². The van der Waals surface area contributed by atoms with Crippen LogP contribution < -0.4 is 10.0 Å². The van der Waals surface area contributed by atoms with Gasteiger partial charge in [-0.25, -0.2) is 13.1 Å². The number of rotatable bonds is 8. The first-order chi connectivity index (χ1) is 12.8. The summed E-state index contributed by atoms with van der Waals surface area (Å²) in [7, 11) is -2.07. The zero-order chi connectivity index (χ0) is 19.9. The number of hydrogen-bond donors (Lipinski definition) is 2. The van der Waals surface area contributed by atoms with Gasteiger partial charge >= 0.3 is 5.97 Å². The van der Waals surface area contributed by atoms with Gasteiger partial charge in [0, 0.05) is 19.8 Å². The van der Waals surface area contributed by atoms with Crippen LogP contribution in [0.2, 0.25) is 0 Å². The minimum atomic E-state index is -3.72. The Kier molecular flexibility index (Phi) is 6.85. The monoisotopic (exact) mass is 393 g/mol. The minimum Gasteiger partial charge on any atom is -0.456 e. The molecule has 144 valence electrons. The Morgan fingerprint density at radius 1 is 1.07 bits per heavy atom. The van der Waals surface area contributed by atoms with Crippen LogP contribution in [0.3, 0.4) is 0 Å². The normalized spacial score (nSPS) is 11.0. The van der Waals surface area contributed by atoms with Crippen molar-refractivity contribution < 1.29 is 27.5 Å². The maximum absolute atomic E-state index is 12.0. The molecule has 10 heteroatoms. The van der Waals surface area contributed by atoms with E-state index in [9.17, 15) is 22.8 Å². The zero-order valence-corrected chi connectivity index (χ0v) is 15.4. The summed E-state index contributed by atoms with van der Waals surface area (Å²) >= 11 is 0. The Labute approximate surface area is 156 Å². The van der Waals surface area contributed by atoms with Gasteiger partial charge in [-0.3, -0.25) is 19.7 Å². The van der Waals surface area contributed by atoms with Crippen LogP contribution in [-0.2, 0) is 31.4 Å². The number of sulfonamides is 1. The molecule has 2 rings (SSSR count). The van der Waals surface area contributed by atoms with Crippen molar-refractivity contribution in [3.63, 3.8) is 0 Å². The fourth-order valence-electron chi connectivity index (χ4n) is 2.11. The number of amides is 2. The maximum Gasteiger partial charge on any atom is 0.307 e. The average Bonchev–Trinajstić information content (AvgIpc) is 3.07. The number of aromatic nitrogens is 1. The summed E-state index contributed by atoms with van der Waals surface area (Å²) in [6.45, 7) is -0.819. The first-order valence-corrected chi connectivity index (χ1v) is 9.44. The summed E-state index contributed by atoms with van der Waals surface area (Å²) in [6, 6.07) is 10.9. The Morgan fingerprint density at radius 3 is 2.41 bits per heavy atom. The van der Waals surface area contributed by atoms with Crippen molar-refractivity contribution in [3.05, 3.63) is 54.4 Å². The molecule has 0 atom stereocenters. The molecule has 2 aromatic rings. The number of carbonyl (C=O) groups excluding carboxylic acids is 3. The third-order valence-electron chi connectivity index (χ3n) is 3.47. The highest BCUT2D eigenvalue weighted by atomic mass is 32.2. The van der Waals surface area contributed by atoms with Gasteiger partial charge in [0.05, 0.1) is 11.3 Å². The Bertz CT molecular complexity index is 921. The fraction of sp³-hybridized carbons (Fsp3) is 0.235. The van der Waals surface area contributed by atoms with Gasteiger partial charge in [0.2, 0.25) is 10.0 Å². The van der Waals surface area contributed by atoms with Crippen molar-refractivity contribution in [3.8, 4) is 0 Å². The standard InChI is InChI=1S/C17H19N3O6S/c1-20-11-5-8-14(20)17(23)19-15(21)12-26-16(22)9-10-18-27(24,25)13-6-3-2-4-7-13/h2-8,11,18H,9-10,12H2,1H3,(H,19,21,23). The third-order valence-corrected chi connectivity index (χ3v) is 4.95. The topological polar surface area (TPSA) is 124 Å². The number of aryl methyl sites for hydroxylation is 1. The van der Waals surface area contributed by atoms with Crippen LogP contribution in [0.4, 0.5) is 0 Å². The molecular weight excluding hydrogens is 374 g/mol. The van der Waals surface area contributed by atoms with Gasteiger partial charge < -0.3 is 9.30 Å². The number of nitrogens with one attached hydrogen (secondary N) is 2. The molecule has 2 amide bonds. The molecule has 0 aliphatic heterocycles. The molecule has 27 heavy (non-hydrogen) atoms. The van der Waals surface area contributed by atoms with E-state index in [0.29, 0.717) is 0 Å². The van der Waals surface area contributed by atoms with Crippen molar-refractivity contribution in [1.29, 1.82) is 0 Å². The first-order valence-electron chi connectivity index (χ1n) is 7.95. The molecule has 2 N–H and O–H groups in total. The minimum absolute atomic E-state index is 0.0805. The molecule has 0 bridgehead atoms. The lowest BCUT2D eigenvalue weighted by molar-refractivity contribution is -0.148. The second-order valence-electron chi connectivity index (χ2n) is 5.50. The number of hydrogen-bond acceptors (Lipinski definition) is 6. The summed E-state index contributed by atoms with van der Waals surface area (Å²) < 4.78 is 32.5. The van der Waals surface area contributed by atoms with Gasteiger partial charge in [-0.05, 0) is 24.3 Å². The number of ether oxygens (including phenoxy) is 1. The summed E-state index contributed by atoms with van der Waals surface area (Å²) in [5, 5.41) is 2.09. The highest BCUT2D eigenvalue weighted by molar-refractivity contribution is 7.89. The summed E-state index contributed by atoms with van der Waals surface area (Å²) in [5.41, 5.74) is 0.282. The third kappa shape index (κ3) is 6.04. The Morgan fingerprint density at radius 2 is 1.78 bits per heavy atom. The Balaban J connectivity index is 1.71. The van der Waals surface area contributed by atoms with E-state index < -0.39 is 34.4 Å². The van der Waals surface area contributed by atoms with E-state index in [1.807, 2.05) is 0 Å². The molecule has 1 heterocycles. The number of carbonyl (C=O) groups is 3. The van der Waals surface area contributed by atoms with Crippen LogP contribution in [0.15, 0.2) is 53.6 Å². The molecule has 0 aliphatic rings. The summed E-state index contributed by atoms with van der Waals surface area (Å²) in [6.07, 6.45) is 1.39. The van der Waals surface area contributed by atoms with Crippen molar-refractivity contribution in [2.45, 2.75) is 11.3 Å². The molecule has 1 aromatic heterocycles. The van der Waals surface area contributed by atoms with Crippen LogP contribution in [0, 0.1) is 0 Å². The van der Waals surface area contributed by atoms with Crippen molar-refractivity contribution in [1.82, 2.24) is 14.6 Å². The quantitative estimate of drug-likeness (QED) is 0.617. The fourth-order valence-corrected chi connectivity index (χ4v) is 3.17. The van der Waals surface area contributed by atoms with Gasteiger partial charge in [-0.2, -0.15) is 0 Å². The zero-order valence-electron chi connectivity index (χ0n) is 14.5. The van der Waals surface area contributed by atoms with Crippen molar-refractivity contribution >= 4 is 27.8 Å². The van der Waals surface area contributed by atoms with Crippen LogP contribution >= 0.6 is 0 Å². The van der Waals surface area contributed by atoms with Crippen LogP contribution in [0.1, 0.15) is 16.9 Å². The predicted molar refractivity (Wildman–Crippen MR) is 95.1 cm³/mol. The van der Waals surface area contributed by atoms with E-state index in [1.165, 1.54) is 22.8 Å². The smallest absolute Gasteiger partial charge is 0.307 e. The van der Waals surface area contributed by atoms with Crippen LogP contribution in [0.5, 0.6) is 0 Å². The Hall–Kier alpha value is -2.98. The van der Waals surface area contributed by atoms with Gasteiger partial charge in [-0.15, -0.1) is 0 Å². The number of benzene rings is 1. The van der Waals surface area contributed by atoms with E-state index >= 15 is 0 Å². The van der Waals surface area contributed by atoms with Gasteiger partial charge in [0.1, 0.15) is 5.69 Å². The van der Waals surface area contributed by atoms with Gasteiger partial charge in [0.15, 0.2) is 6.61 Å². The second kappa shape index (κ2) is 9.10. The predicted octanol–water partition coefficient (Wildman–Crippen LogP) is 0.193. The van der Waals surface area contributed by atoms with Crippen molar-refractivity contribution in [2.75, 3.05) is 13.2 Å². The number of nitrogens with zero attached hydrogens (tertiary/aromatic N) is 1.